The van der Waals surface area contributed by atoms with Gasteiger partial charge in [0.05, 0.1) is 4.90 Å². The number of amides is 1. The van der Waals surface area contributed by atoms with Crippen molar-refractivity contribution in [1.29, 1.82) is 0 Å². The third kappa shape index (κ3) is 4.79. The highest BCUT2D eigenvalue weighted by Crippen LogP contribution is 2.31. The highest BCUT2D eigenvalue weighted by atomic mass is 35.5. The van der Waals surface area contributed by atoms with E-state index in [0.29, 0.717) is 21.2 Å². The van der Waals surface area contributed by atoms with E-state index in [4.69, 9.17) is 28.9 Å². The topological polar surface area (TPSA) is 80.5 Å². The van der Waals surface area contributed by atoms with E-state index in [1.54, 1.807) is 54.6 Å². The minimum atomic E-state index is -4.11. The van der Waals surface area contributed by atoms with E-state index in [1.807, 2.05) is 0 Å². The quantitative estimate of drug-likeness (QED) is 0.580. The number of sulfonamides is 1. The first-order chi connectivity index (χ1) is 13.8. The van der Waals surface area contributed by atoms with E-state index in [1.165, 1.54) is 24.3 Å². The molecule has 0 saturated carbocycles. The molecule has 0 fully saturated rings. The van der Waals surface area contributed by atoms with Gasteiger partial charge in [-0.15, -0.1) is 0 Å². The van der Waals surface area contributed by atoms with Gasteiger partial charge in [0.15, 0.2) is 0 Å². The van der Waals surface area contributed by atoms with E-state index in [-0.39, 0.29) is 11.4 Å². The van der Waals surface area contributed by atoms with Gasteiger partial charge in [0.25, 0.3) is 0 Å². The largest absolute Gasteiger partial charge is 0.368 e. The van der Waals surface area contributed by atoms with Crippen molar-refractivity contribution in [2.45, 2.75) is 17.5 Å². The first-order valence-electron chi connectivity index (χ1n) is 8.66. The van der Waals surface area contributed by atoms with Crippen molar-refractivity contribution in [3.05, 3.63) is 100 Å². The molecular formula is C21H18Cl2N2O3S. The number of benzene rings is 3. The molecule has 0 aliphatic rings. The molecule has 5 nitrogen and oxygen atoms in total. The zero-order valence-corrected chi connectivity index (χ0v) is 17.5. The Morgan fingerprint density at radius 2 is 1.48 bits per heavy atom. The average Bonchev–Trinajstić information content (AvgIpc) is 2.70. The second kappa shape index (κ2) is 8.97. The number of primary amides is 1. The van der Waals surface area contributed by atoms with Crippen LogP contribution in [0.25, 0.3) is 0 Å². The smallest absolute Gasteiger partial charge is 0.244 e. The summed E-state index contributed by atoms with van der Waals surface area (Å²) in [4.78, 5) is 12.4. The van der Waals surface area contributed by atoms with Crippen molar-refractivity contribution in [1.82, 2.24) is 4.31 Å². The Labute approximate surface area is 179 Å². The molecule has 29 heavy (non-hydrogen) atoms. The zero-order chi connectivity index (χ0) is 21.0. The first-order valence-corrected chi connectivity index (χ1v) is 10.9. The maximum atomic E-state index is 13.5. The molecule has 0 aromatic heterocycles. The molecule has 8 heteroatoms. The van der Waals surface area contributed by atoms with E-state index in [0.717, 1.165) is 4.31 Å². The standard InChI is InChI=1S/C21H18Cl2N2O3S/c22-17-10-12-18(13-11-17)29(27,28)25(14-16-8-4-5-9-19(16)23)20(21(24)26)15-6-2-1-3-7-15/h1-13,20H,14H2,(H2,24,26). The molecule has 1 amide bonds. The molecule has 0 saturated heterocycles. The number of nitrogens with zero attached hydrogens (tertiary/aromatic N) is 1. The van der Waals surface area contributed by atoms with Gasteiger partial charge in [-0.1, -0.05) is 71.7 Å². The van der Waals surface area contributed by atoms with Crippen molar-refractivity contribution in [3.8, 4) is 0 Å². The van der Waals surface area contributed by atoms with Crippen LogP contribution in [0.15, 0.2) is 83.8 Å². The molecule has 2 N–H and O–H groups in total. The highest BCUT2D eigenvalue weighted by Gasteiger charge is 2.36. The van der Waals surface area contributed by atoms with Crippen molar-refractivity contribution >= 4 is 39.1 Å². The second-order valence-corrected chi connectivity index (χ2v) is 9.05. The molecule has 0 heterocycles. The van der Waals surface area contributed by atoms with Gasteiger partial charge in [0.2, 0.25) is 15.9 Å². The molecule has 0 radical (unpaired) electrons. The van der Waals surface area contributed by atoms with Crippen LogP contribution in [0, 0.1) is 0 Å². The molecule has 0 spiro atoms. The van der Waals surface area contributed by atoms with Crippen molar-refractivity contribution in [2.75, 3.05) is 0 Å². The molecule has 1 unspecified atom stereocenters. The van der Waals surface area contributed by atoms with Crippen LogP contribution in [0.4, 0.5) is 0 Å². The predicted molar refractivity (Wildman–Crippen MR) is 114 cm³/mol. The Bertz CT molecular complexity index is 1100. The number of carbonyl (C=O) groups excluding carboxylic acids is 1. The normalized spacial score (nSPS) is 12.7. The number of halogens is 2. The monoisotopic (exact) mass is 448 g/mol. The van der Waals surface area contributed by atoms with Crippen LogP contribution >= 0.6 is 23.2 Å². The third-order valence-electron chi connectivity index (χ3n) is 4.38. The maximum absolute atomic E-state index is 13.5. The Kier molecular flexibility index (Phi) is 6.59. The van der Waals surface area contributed by atoms with Gasteiger partial charge in [-0.2, -0.15) is 4.31 Å². The lowest BCUT2D eigenvalue weighted by Gasteiger charge is -2.29. The predicted octanol–water partition coefficient (Wildman–Crippen LogP) is 4.41. The fourth-order valence-electron chi connectivity index (χ4n) is 2.96. The van der Waals surface area contributed by atoms with Gasteiger partial charge in [0.1, 0.15) is 6.04 Å². The van der Waals surface area contributed by atoms with Crippen LogP contribution in [0.1, 0.15) is 17.2 Å². The zero-order valence-electron chi connectivity index (χ0n) is 15.2. The number of hydrogen-bond donors (Lipinski definition) is 1. The number of hydrogen-bond acceptors (Lipinski definition) is 3. The number of nitrogens with two attached hydrogens (primary N) is 1. The van der Waals surface area contributed by atoms with Crippen LogP contribution in [-0.4, -0.2) is 18.6 Å². The molecule has 3 aromatic rings. The summed E-state index contributed by atoms with van der Waals surface area (Å²) in [6.45, 7) is -0.132. The minimum Gasteiger partial charge on any atom is -0.368 e. The summed E-state index contributed by atoms with van der Waals surface area (Å²) in [5.74, 6) is -0.791. The van der Waals surface area contributed by atoms with Crippen LogP contribution in [0.3, 0.4) is 0 Å². The summed E-state index contributed by atoms with van der Waals surface area (Å²) >= 11 is 12.2. The lowest BCUT2D eigenvalue weighted by molar-refractivity contribution is -0.122. The van der Waals surface area contributed by atoms with Crippen LogP contribution in [0.2, 0.25) is 10.0 Å². The summed E-state index contributed by atoms with van der Waals surface area (Å²) in [6, 6.07) is 19.9. The number of carbonyl (C=O) groups is 1. The van der Waals surface area contributed by atoms with Crippen molar-refractivity contribution < 1.29 is 13.2 Å². The summed E-state index contributed by atoms with van der Waals surface area (Å²) in [6.07, 6.45) is 0. The Balaban J connectivity index is 2.16. The van der Waals surface area contributed by atoms with Gasteiger partial charge < -0.3 is 5.73 Å². The van der Waals surface area contributed by atoms with Gasteiger partial charge in [-0.05, 0) is 41.5 Å². The molecular weight excluding hydrogens is 431 g/mol. The summed E-state index contributed by atoms with van der Waals surface area (Å²) in [7, 11) is -4.11. The van der Waals surface area contributed by atoms with Gasteiger partial charge in [0, 0.05) is 16.6 Å². The van der Waals surface area contributed by atoms with E-state index < -0.39 is 22.0 Å². The van der Waals surface area contributed by atoms with Gasteiger partial charge >= 0.3 is 0 Å². The molecule has 0 bridgehead atoms. The van der Waals surface area contributed by atoms with Crippen LogP contribution in [0.5, 0.6) is 0 Å². The molecule has 0 aliphatic carbocycles. The maximum Gasteiger partial charge on any atom is 0.244 e. The van der Waals surface area contributed by atoms with Gasteiger partial charge in [-0.3, -0.25) is 4.79 Å². The van der Waals surface area contributed by atoms with Crippen LogP contribution < -0.4 is 5.73 Å². The lowest BCUT2D eigenvalue weighted by Crippen LogP contribution is -2.41. The Hall–Kier alpha value is -2.38. The first kappa shape index (κ1) is 21.3. The fourth-order valence-corrected chi connectivity index (χ4v) is 4.84. The summed E-state index contributed by atoms with van der Waals surface area (Å²) < 4.78 is 28.1. The van der Waals surface area contributed by atoms with Crippen LogP contribution in [-0.2, 0) is 21.4 Å². The summed E-state index contributed by atoms with van der Waals surface area (Å²) in [5, 5.41) is 0.788. The molecule has 0 aliphatic heterocycles. The van der Waals surface area contributed by atoms with Crippen molar-refractivity contribution in [3.63, 3.8) is 0 Å². The second-order valence-electron chi connectivity index (χ2n) is 6.31. The Morgan fingerprint density at radius 3 is 2.07 bits per heavy atom. The summed E-state index contributed by atoms with van der Waals surface area (Å²) in [5.41, 5.74) is 6.67. The van der Waals surface area contributed by atoms with E-state index in [2.05, 4.69) is 0 Å². The lowest BCUT2D eigenvalue weighted by atomic mass is 10.1. The fraction of sp³-hybridized carbons (Fsp3) is 0.0952. The molecule has 3 rings (SSSR count). The minimum absolute atomic E-state index is 0.00358. The Morgan fingerprint density at radius 1 is 0.897 bits per heavy atom. The van der Waals surface area contributed by atoms with Crippen molar-refractivity contribution in [2.24, 2.45) is 5.73 Å². The third-order valence-corrected chi connectivity index (χ3v) is 6.82. The molecule has 1 atom stereocenters. The average molecular weight is 449 g/mol. The van der Waals surface area contributed by atoms with E-state index >= 15 is 0 Å². The molecule has 3 aromatic carbocycles. The van der Waals surface area contributed by atoms with Gasteiger partial charge in [-0.25, -0.2) is 8.42 Å². The van der Waals surface area contributed by atoms with E-state index in [9.17, 15) is 13.2 Å². The number of rotatable bonds is 7. The SMILES string of the molecule is NC(=O)C(c1ccccc1)N(Cc1ccccc1Cl)S(=O)(=O)c1ccc(Cl)cc1. The molecule has 150 valence electrons. The highest BCUT2D eigenvalue weighted by molar-refractivity contribution is 7.89.